The van der Waals surface area contributed by atoms with Gasteiger partial charge in [0.1, 0.15) is 0 Å². The summed E-state index contributed by atoms with van der Waals surface area (Å²) in [6.45, 7) is 5.82. The van der Waals surface area contributed by atoms with E-state index >= 15 is 0 Å². The number of benzene rings is 1. The fourth-order valence-electron chi connectivity index (χ4n) is 2.99. The van der Waals surface area contributed by atoms with Crippen molar-refractivity contribution in [3.05, 3.63) is 34.3 Å². The minimum Gasteiger partial charge on any atom is -0.350 e. The van der Waals surface area contributed by atoms with Crippen molar-refractivity contribution in [1.29, 1.82) is 0 Å². The molecule has 2 rings (SSSR count). The second-order valence-corrected chi connectivity index (χ2v) is 6.21. The van der Waals surface area contributed by atoms with Crippen LogP contribution in [0.2, 0.25) is 5.02 Å². The predicted molar refractivity (Wildman–Crippen MR) is 83.2 cm³/mol. The van der Waals surface area contributed by atoms with Crippen LogP contribution >= 0.6 is 11.6 Å². The molecular weight excluding hydrogens is 272 g/mol. The summed E-state index contributed by atoms with van der Waals surface area (Å²) < 4.78 is 0. The summed E-state index contributed by atoms with van der Waals surface area (Å²) >= 11 is 6.14. The van der Waals surface area contributed by atoms with E-state index in [1.54, 1.807) is 6.92 Å². The molecule has 1 unspecified atom stereocenters. The third-order valence-electron chi connectivity index (χ3n) is 4.09. The Kier molecular flexibility index (Phi) is 5.06. The van der Waals surface area contributed by atoms with Gasteiger partial charge in [-0.3, -0.25) is 4.79 Å². The summed E-state index contributed by atoms with van der Waals surface area (Å²) in [6.07, 6.45) is 2.33. The van der Waals surface area contributed by atoms with Crippen molar-refractivity contribution in [2.75, 3.05) is 20.1 Å². The first-order valence-corrected chi connectivity index (χ1v) is 7.60. The van der Waals surface area contributed by atoms with Crippen LogP contribution in [-0.4, -0.2) is 30.9 Å². The number of carbonyl (C=O) groups excluding carboxylic acids is 1. The van der Waals surface area contributed by atoms with Gasteiger partial charge in [-0.15, -0.1) is 0 Å². The van der Waals surface area contributed by atoms with Gasteiger partial charge in [-0.05, 0) is 69.1 Å². The molecule has 0 saturated carbocycles. The van der Waals surface area contributed by atoms with Gasteiger partial charge in [0.15, 0.2) is 0 Å². The van der Waals surface area contributed by atoms with Gasteiger partial charge >= 0.3 is 0 Å². The number of hydrogen-bond donors (Lipinski definition) is 1. The number of piperidine rings is 1. The lowest BCUT2D eigenvalue weighted by atomic mass is 9.85. The van der Waals surface area contributed by atoms with Crippen molar-refractivity contribution in [3.8, 4) is 0 Å². The Morgan fingerprint density at radius 1 is 1.40 bits per heavy atom. The molecule has 1 N–H and O–H groups in total. The molecule has 1 aromatic rings. The second kappa shape index (κ2) is 6.59. The topological polar surface area (TPSA) is 32.3 Å². The Bertz CT molecular complexity index is 481. The van der Waals surface area contributed by atoms with Crippen LogP contribution in [0.5, 0.6) is 0 Å². The van der Waals surface area contributed by atoms with E-state index in [-0.39, 0.29) is 11.9 Å². The molecule has 1 amide bonds. The smallest absolute Gasteiger partial charge is 0.217 e. The molecule has 1 aliphatic heterocycles. The standard InChI is InChI=1S/C16H23ClN2O/c1-11(18-12(2)20)16-10-14(17)4-5-15(16)13-6-8-19(3)9-7-13/h4-5,10-11,13H,6-9H2,1-3H3,(H,18,20). The van der Waals surface area contributed by atoms with Crippen LogP contribution in [0.4, 0.5) is 0 Å². The molecule has 0 aromatic heterocycles. The maximum Gasteiger partial charge on any atom is 0.217 e. The Morgan fingerprint density at radius 3 is 2.65 bits per heavy atom. The highest BCUT2D eigenvalue weighted by Crippen LogP contribution is 2.34. The largest absolute Gasteiger partial charge is 0.350 e. The van der Waals surface area contributed by atoms with E-state index in [1.165, 1.54) is 5.56 Å². The van der Waals surface area contributed by atoms with Crippen molar-refractivity contribution < 1.29 is 4.79 Å². The second-order valence-electron chi connectivity index (χ2n) is 5.77. The number of halogens is 1. The van der Waals surface area contributed by atoms with Crippen LogP contribution in [0.15, 0.2) is 18.2 Å². The Labute approximate surface area is 126 Å². The van der Waals surface area contributed by atoms with Gasteiger partial charge in [-0.25, -0.2) is 0 Å². The van der Waals surface area contributed by atoms with Gasteiger partial charge in [0.25, 0.3) is 0 Å². The molecule has 1 saturated heterocycles. The zero-order valence-electron chi connectivity index (χ0n) is 12.4. The number of nitrogens with zero attached hydrogens (tertiary/aromatic N) is 1. The highest BCUT2D eigenvalue weighted by molar-refractivity contribution is 6.30. The number of rotatable bonds is 3. The van der Waals surface area contributed by atoms with Crippen LogP contribution in [-0.2, 0) is 4.79 Å². The Hall–Kier alpha value is -1.06. The van der Waals surface area contributed by atoms with Gasteiger partial charge in [-0.1, -0.05) is 17.7 Å². The number of likely N-dealkylation sites (tertiary alicyclic amines) is 1. The molecule has 110 valence electrons. The zero-order valence-corrected chi connectivity index (χ0v) is 13.2. The molecule has 0 bridgehead atoms. The lowest BCUT2D eigenvalue weighted by molar-refractivity contribution is -0.119. The summed E-state index contributed by atoms with van der Waals surface area (Å²) in [5, 5.41) is 3.70. The van der Waals surface area contributed by atoms with E-state index in [2.05, 4.69) is 23.3 Å². The molecule has 4 heteroatoms. The van der Waals surface area contributed by atoms with Crippen molar-refractivity contribution in [1.82, 2.24) is 10.2 Å². The third-order valence-corrected chi connectivity index (χ3v) is 4.33. The number of hydrogen-bond acceptors (Lipinski definition) is 2. The highest BCUT2D eigenvalue weighted by Gasteiger charge is 2.23. The highest BCUT2D eigenvalue weighted by atomic mass is 35.5. The molecular formula is C16H23ClN2O. The SMILES string of the molecule is CC(=O)NC(C)c1cc(Cl)ccc1C1CCN(C)CC1. The zero-order chi connectivity index (χ0) is 14.7. The van der Waals surface area contributed by atoms with Crippen molar-refractivity contribution >= 4 is 17.5 Å². The fraction of sp³-hybridized carbons (Fsp3) is 0.562. The van der Waals surface area contributed by atoms with Gasteiger partial charge in [0.2, 0.25) is 5.91 Å². The number of nitrogens with one attached hydrogen (secondary N) is 1. The summed E-state index contributed by atoms with van der Waals surface area (Å²) in [5.41, 5.74) is 2.49. The normalized spacial score (nSPS) is 18.8. The summed E-state index contributed by atoms with van der Waals surface area (Å²) in [7, 11) is 2.17. The van der Waals surface area contributed by atoms with Gasteiger partial charge in [-0.2, -0.15) is 0 Å². The first-order valence-electron chi connectivity index (χ1n) is 7.22. The molecule has 1 fully saturated rings. The van der Waals surface area contributed by atoms with Crippen LogP contribution in [0.25, 0.3) is 0 Å². The summed E-state index contributed by atoms with van der Waals surface area (Å²) in [5.74, 6) is 0.557. The minimum atomic E-state index is -0.00759. The van der Waals surface area contributed by atoms with Crippen LogP contribution < -0.4 is 5.32 Å². The maximum atomic E-state index is 11.3. The van der Waals surface area contributed by atoms with Gasteiger partial charge in [0, 0.05) is 11.9 Å². The first-order chi connectivity index (χ1) is 9.47. The van der Waals surface area contributed by atoms with E-state index in [1.807, 2.05) is 19.1 Å². The molecule has 20 heavy (non-hydrogen) atoms. The lowest BCUT2D eigenvalue weighted by Gasteiger charge is -2.31. The van der Waals surface area contributed by atoms with E-state index in [0.717, 1.165) is 36.5 Å². The van der Waals surface area contributed by atoms with Crippen LogP contribution in [0, 0.1) is 0 Å². The fourth-order valence-corrected chi connectivity index (χ4v) is 3.18. The van der Waals surface area contributed by atoms with Crippen molar-refractivity contribution in [2.45, 2.75) is 38.6 Å². The summed E-state index contributed by atoms with van der Waals surface area (Å²) in [4.78, 5) is 13.7. The monoisotopic (exact) mass is 294 g/mol. The number of amides is 1. The van der Waals surface area contributed by atoms with E-state index in [9.17, 15) is 4.79 Å². The van der Waals surface area contributed by atoms with Crippen LogP contribution in [0.3, 0.4) is 0 Å². The molecule has 0 spiro atoms. The molecule has 0 radical (unpaired) electrons. The van der Waals surface area contributed by atoms with E-state index < -0.39 is 0 Å². The van der Waals surface area contributed by atoms with Crippen molar-refractivity contribution in [2.24, 2.45) is 0 Å². The van der Waals surface area contributed by atoms with Crippen LogP contribution in [0.1, 0.15) is 49.8 Å². The number of carbonyl (C=O) groups is 1. The Morgan fingerprint density at radius 2 is 2.05 bits per heavy atom. The molecule has 1 atom stereocenters. The predicted octanol–water partition coefficient (Wildman–Crippen LogP) is 3.35. The van der Waals surface area contributed by atoms with Gasteiger partial charge < -0.3 is 10.2 Å². The average Bonchev–Trinajstić information content (AvgIpc) is 2.39. The molecule has 1 aromatic carbocycles. The molecule has 0 aliphatic carbocycles. The first kappa shape index (κ1) is 15.3. The third kappa shape index (κ3) is 3.74. The van der Waals surface area contributed by atoms with Crippen molar-refractivity contribution in [3.63, 3.8) is 0 Å². The average molecular weight is 295 g/mol. The Balaban J connectivity index is 2.25. The van der Waals surface area contributed by atoms with Gasteiger partial charge in [0.05, 0.1) is 6.04 Å². The molecule has 1 heterocycles. The summed E-state index contributed by atoms with van der Waals surface area (Å²) in [6, 6.07) is 6.09. The lowest BCUT2D eigenvalue weighted by Crippen LogP contribution is -2.30. The van der Waals surface area contributed by atoms with E-state index in [0.29, 0.717) is 5.92 Å². The minimum absolute atomic E-state index is 0.000793. The molecule has 1 aliphatic rings. The maximum absolute atomic E-state index is 11.3. The molecule has 3 nitrogen and oxygen atoms in total. The van der Waals surface area contributed by atoms with E-state index in [4.69, 9.17) is 11.6 Å². The quantitative estimate of drug-likeness (QED) is 0.927.